The van der Waals surface area contributed by atoms with Crippen molar-refractivity contribution in [3.63, 3.8) is 0 Å². The van der Waals surface area contributed by atoms with Gasteiger partial charge in [0.2, 0.25) is 0 Å². The third kappa shape index (κ3) is 1.33. The molecule has 1 aliphatic carbocycles. The molecular weight excluding hydrogens is 168 g/mol. The van der Waals surface area contributed by atoms with E-state index >= 15 is 0 Å². The number of ketones is 1. The van der Waals surface area contributed by atoms with Crippen molar-refractivity contribution in [2.45, 2.75) is 25.5 Å². The standard InChI is InChI=1S/C9H12N2O2/c10-6-4-5-7(12)2-1-3-8(5)13-9(6)11/h4,9H,1-3,10-11H2. The van der Waals surface area contributed by atoms with Gasteiger partial charge in [0.15, 0.2) is 12.0 Å². The Balaban J connectivity index is 2.37. The quantitative estimate of drug-likeness (QED) is 0.556. The Morgan fingerprint density at radius 3 is 3.00 bits per heavy atom. The summed E-state index contributed by atoms with van der Waals surface area (Å²) in [6.07, 6.45) is 3.28. The maximum Gasteiger partial charge on any atom is 0.187 e. The van der Waals surface area contributed by atoms with Crippen LogP contribution in [0.25, 0.3) is 0 Å². The number of nitrogens with two attached hydrogens (primary N) is 2. The third-order valence-electron chi connectivity index (χ3n) is 2.32. The largest absolute Gasteiger partial charge is 0.473 e. The first-order valence-electron chi connectivity index (χ1n) is 4.34. The number of hydrogen-bond donors (Lipinski definition) is 2. The van der Waals surface area contributed by atoms with Gasteiger partial charge >= 0.3 is 0 Å². The van der Waals surface area contributed by atoms with Crippen LogP contribution < -0.4 is 11.5 Å². The molecule has 0 aromatic heterocycles. The zero-order valence-corrected chi connectivity index (χ0v) is 7.25. The Hall–Kier alpha value is -1.29. The Morgan fingerprint density at radius 1 is 1.46 bits per heavy atom. The minimum absolute atomic E-state index is 0.108. The molecule has 13 heavy (non-hydrogen) atoms. The molecule has 0 saturated heterocycles. The van der Waals surface area contributed by atoms with Crippen LogP contribution in [-0.4, -0.2) is 12.0 Å². The molecule has 0 aromatic carbocycles. The predicted molar refractivity (Wildman–Crippen MR) is 47.2 cm³/mol. The topological polar surface area (TPSA) is 78.3 Å². The van der Waals surface area contributed by atoms with Crippen molar-refractivity contribution in [3.8, 4) is 0 Å². The second-order valence-electron chi connectivity index (χ2n) is 3.30. The summed E-state index contributed by atoms with van der Waals surface area (Å²) in [6.45, 7) is 0. The second kappa shape index (κ2) is 2.88. The molecule has 0 amide bonds. The zero-order chi connectivity index (χ0) is 9.42. The lowest BCUT2D eigenvalue weighted by Crippen LogP contribution is -2.34. The zero-order valence-electron chi connectivity index (χ0n) is 7.25. The number of carbonyl (C=O) groups excluding carboxylic acids is 1. The molecule has 0 fully saturated rings. The summed E-state index contributed by atoms with van der Waals surface area (Å²) in [5.41, 5.74) is 12.2. The van der Waals surface area contributed by atoms with Gasteiger partial charge in [-0.3, -0.25) is 10.5 Å². The molecule has 0 bridgehead atoms. The summed E-state index contributed by atoms with van der Waals surface area (Å²) in [7, 11) is 0. The summed E-state index contributed by atoms with van der Waals surface area (Å²) in [4.78, 5) is 11.4. The number of ether oxygens (including phenoxy) is 1. The van der Waals surface area contributed by atoms with E-state index in [1.54, 1.807) is 6.08 Å². The van der Waals surface area contributed by atoms with Crippen LogP contribution in [0.3, 0.4) is 0 Å². The highest BCUT2D eigenvalue weighted by molar-refractivity contribution is 5.99. The summed E-state index contributed by atoms with van der Waals surface area (Å²) >= 11 is 0. The highest BCUT2D eigenvalue weighted by atomic mass is 16.5. The van der Waals surface area contributed by atoms with E-state index in [1.807, 2.05) is 0 Å². The molecule has 4 heteroatoms. The normalized spacial score (nSPS) is 27.9. The summed E-state index contributed by atoms with van der Waals surface area (Å²) in [5.74, 6) is 0.814. The van der Waals surface area contributed by atoms with Crippen LogP contribution in [0.15, 0.2) is 23.1 Å². The maximum absolute atomic E-state index is 11.4. The predicted octanol–water partition coefficient (Wildman–Crippen LogP) is 0.151. The fourth-order valence-electron chi connectivity index (χ4n) is 1.59. The molecule has 1 atom stereocenters. The van der Waals surface area contributed by atoms with Crippen LogP contribution in [-0.2, 0) is 9.53 Å². The monoisotopic (exact) mass is 180 g/mol. The Kier molecular flexibility index (Phi) is 1.84. The average Bonchev–Trinajstić information content (AvgIpc) is 2.09. The van der Waals surface area contributed by atoms with E-state index in [4.69, 9.17) is 16.2 Å². The number of allylic oxidation sites excluding steroid dienone is 3. The molecule has 1 aliphatic heterocycles. The van der Waals surface area contributed by atoms with Crippen LogP contribution >= 0.6 is 0 Å². The molecule has 4 N–H and O–H groups in total. The number of hydrogen-bond acceptors (Lipinski definition) is 4. The first-order chi connectivity index (χ1) is 6.18. The van der Waals surface area contributed by atoms with Crippen molar-refractivity contribution in [3.05, 3.63) is 23.1 Å². The van der Waals surface area contributed by atoms with Crippen LogP contribution in [0.2, 0.25) is 0 Å². The summed E-state index contributed by atoms with van der Waals surface area (Å²) < 4.78 is 5.32. The fourth-order valence-corrected chi connectivity index (χ4v) is 1.59. The van der Waals surface area contributed by atoms with Crippen molar-refractivity contribution >= 4 is 5.78 Å². The maximum atomic E-state index is 11.4. The number of rotatable bonds is 0. The molecule has 1 unspecified atom stereocenters. The lowest BCUT2D eigenvalue weighted by atomic mass is 9.94. The van der Waals surface area contributed by atoms with Gasteiger partial charge in [-0.05, 0) is 12.5 Å². The molecule has 0 aromatic rings. The van der Waals surface area contributed by atoms with Crippen molar-refractivity contribution in [1.29, 1.82) is 0 Å². The molecule has 70 valence electrons. The van der Waals surface area contributed by atoms with Gasteiger partial charge in [0.25, 0.3) is 0 Å². The highest BCUT2D eigenvalue weighted by Crippen LogP contribution is 2.28. The van der Waals surface area contributed by atoms with E-state index in [9.17, 15) is 4.79 Å². The average molecular weight is 180 g/mol. The van der Waals surface area contributed by atoms with E-state index in [2.05, 4.69) is 0 Å². The van der Waals surface area contributed by atoms with Crippen LogP contribution in [0.1, 0.15) is 19.3 Å². The van der Waals surface area contributed by atoms with Gasteiger partial charge in [-0.1, -0.05) is 0 Å². The minimum atomic E-state index is -0.579. The second-order valence-corrected chi connectivity index (χ2v) is 3.30. The van der Waals surface area contributed by atoms with E-state index < -0.39 is 6.23 Å². The smallest absolute Gasteiger partial charge is 0.187 e. The van der Waals surface area contributed by atoms with Gasteiger partial charge in [0.05, 0.1) is 11.3 Å². The Bertz CT molecular complexity index is 318. The van der Waals surface area contributed by atoms with E-state index in [0.29, 0.717) is 23.5 Å². The molecule has 2 aliphatic rings. The fraction of sp³-hybridized carbons (Fsp3) is 0.444. The molecule has 2 rings (SSSR count). The van der Waals surface area contributed by atoms with E-state index in [1.165, 1.54) is 0 Å². The van der Waals surface area contributed by atoms with Crippen LogP contribution in [0.5, 0.6) is 0 Å². The van der Waals surface area contributed by atoms with Crippen LogP contribution in [0.4, 0.5) is 0 Å². The Morgan fingerprint density at radius 2 is 2.23 bits per heavy atom. The summed E-state index contributed by atoms with van der Waals surface area (Å²) in [6, 6.07) is 0. The Labute approximate surface area is 76.2 Å². The lowest BCUT2D eigenvalue weighted by Gasteiger charge is -2.26. The molecule has 4 nitrogen and oxygen atoms in total. The van der Waals surface area contributed by atoms with Gasteiger partial charge in [-0.15, -0.1) is 0 Å². The summed E-state index contributed by atoms with van der Waals surface area (Å²) in [5, 5.41) is 0. The van der Waals surface area contributed by atoms with Gasteiger partial charge in [-0.2, -0.15) is 0 Å². The molecule has 0 radical (unpaired) electrons. The third-order valence-corrected chi connectivity index (χ3v) is 2.32. The molecular formula is C9H12N2O2. The van der Waals surface area contributed by atoms with Gasteiger partial charge < -0.3 is 10.5 Å². The first kappa shape index (κ1) is 8.31. The molecule has 0 saturated carbocycles. The van der Waals surface area contributed by atoms with Crippen molar-refractivity contribution < 1.29 is 9.53 Å². The molecule has 0 spiro atoms. The van der Waals surface area contributed by atoms with Gasteiger partial charge in [0.1, 0.15) is 5.76 Å². The van der Waals surface area contributed by atoms with Crippen molar-refractivity contribution in [1.82, 2.24) is 0 Å². The van der Waals surface area contributed by atoms with Crippen LogP contribution in [0, 0.1) is 0 Å². The number of Topliss-reactive ketones (excluding diaryl/α,β-unsaturated/α-hetero) is 1. The van der Waals surface area contributed by atoms with Crippen molar-refractivity contribution in [2.75, 3.05) is 0 Å². The lowest BCUT2D eigenvalue weighted by molar-refractivity contribution is -0.116. The molecule has 1 heterocycles. The highest BCUT2D eigenvalue weighted by Gasteiger charge is 2.26. The first-order valence-corrected chi connectivity index (χ1v) is 4.34. The SMILES string of the molecule is NC1=CC2=C(CCCC2=O)OC1N. The van der Waals surface area contributed by atoms with Crippen molar-refractivity contribution in [2.24, 2.45) is 11.5 Å². The minimum Gasteiger partial charge on any atom is -0.473 e. The van der Waals surface area contributed by atoms with E-state index in [0.717, 1.165) is 12.8 Å². The van der Waals surface area contributed by atoms with Gasteiger partial charge in [-0.25, -0.2) is 0 Å². The van der Waals surface area contributed by atoms with Gasteiger partial charge in [0, 0.05) is 12.8 Å². The number of carbonyl (C=O) groups is 1. The van der Waals surface area contributed by atoms with E-state index in [-0.39, 0.29) is 5.78 Å².